The molecule has 0 atom stereocenters. The largest absolute Gasteiger partial charge is 0.511 e. The van der Waals surface area contributed by atoms with Gasteiger partial charge in [-0.3, -0.25) is 4.79 Å². The van der Waals surface area contributed by atoms with Crippen LogP contribution in [0.4, 0.5) is 4.79 Å². The van der Waals surface area contributed by atoms with Crippen molar-refractivity contribution in [3.63, 3.8) is 0 Å². The second-order valence-corrected chi connectivity index (χ2v) is 4.65. The van der Waals surface area contributed by atoms with Gasteiger partial charge in [-0.15, -0.1) is 0 Å². The molecule has 0 aliphatic rings. The predicted octanol–water partition coefficient (Wildman–Crippen LogP) is 3.53. The minimum Gasteiger partial charge on any atom is -0.496 e. The highest BCUT2D eigenvalue weighted by Crippen LogP contribution is 2.36. The molecular formula is C17H12O6. The van der Waals surface area contributed by atoms with Gasteiger partial charge in [0.05, 0.1) is 18.1 Å². The monoisotopic (exact) mass is 312 g/mol. The van der Waals surface area contributed by atoms with E-state index < -0.39 is 11.6 Å². The number of carboxylic acid groups (broad SMARTS) is 1. The zero-order valence-corrected chi connectivity index (χ0v) is 12.1. The average Bonchev–Trinajstić information content (AvgIpc) is 2.57. The van der Waals surface area contributed by atoms with Crippen LogP contribution < -0.4 is 14.9 Å². The van der Waals surface area contributed by atoms with Gasteiger partial charge in [-0.05, 0) is 24.3 Å². The smallest absolute Gasteiger partial charge is 0.496 e. The normalized spacial score (nSPS) is 10.5. The molecule has 0 radical (unpaired) electrons. The van der Waals surface area contributed by atoms with E-state index in [4.69, 9.17) is 19.0 Å². The fraction of sp³-hybridized carbons (Fsp3) is 0.0588. The molecule has 0 spiro atoms. The Kier molecular flexibility index (Phi) is 3.72. The lowest BCUT2D eigenvalue weighted by molar-refractivity contribution is 0.143. The van der Waals surface area contributed by atoms with E-state index in [9.17, 15) is 9.59 Å². The minimum absolute atomic E-state index is 0.00792. The van der Waals surface area contributed by atoms with E-state index in [1.54, 1.807) is 48.5 Å². The van der Waals surface area contributed by atoms with E-state index in [0.717, 1.165) is 0 Å². The molecule has 0 bridgehead atoms. The van der Waals surface area contributed by atoms with E-state index in [1.165, 1.54) is 7.11 Å². The second kappa shape index (κ2) is 5.84. The Balaban J connectivity index is 2.38. The molecule has 6 heteroatoms. The zero-order chi connectivity index (χ0) is 16.4. The third kappa shape index (κ3) is 2.62. The van der Waals surface area contributed by atoms with Crippen molar-refractivity contribution in [2.45, 2.75) is 0 Å². The summed E-state index contributed by atoms with van der Waals surface area (Å²) in [5.74, 6) is 0.0513. The Labute approximate surface area is 130 Å². The van der Waals surface area contributed by atoms with Crippen LogP contribution in [0.3, 0.4) is 0 Å². The summed E-state index contributed by atoms with van der Waals surface area (Å²) in [7, 11) is 1.47. The molecule has 1 N–H and O–H groups in total. The highest BCUT2D eigenvalue weighted by atomic mass is 16.7. The number of fused-ring (bicyclic) bond motifs is 1. The van der Waals surface area contributed by atoms with Gasteiger partial charge >= 0.3 is 6.16 Å². The fourth-order valence-corrected chi connectivity index (χ4v) is 2.31. The molecule has 0 aliphatic carbocycles. The van der Waals surface area contributed by atoms with Crippen LogP contribution in [0.2, 0.25) is 0 Å². The van der Waals surface area contributed by atoms with Crippen LogP contribution in [-0.2, 0) is 0 Å². The number of carbonyl (C=O) groups is 1. The van der Waals surface area contributed by atoms with E-state index in [1.807, 2.05) is 0 Å². The van der Waals surface area contributed by atoms with Gasteiger partial charge < -0.3 is 19.0 Å². The van der Waals surface area contributed by atoms with Crippen LogP contribution in [0, 0.1) is 0 Å². The van der Waals surface area contributed by atoms with Crippen molar-refractivity contribution in [3.05, 3.63) is 58.8 Å². The van der Waals surface area contributed by atoms with Gasteiger partial charge in [-0.1, -0.05) is 24.3 Å². The summed E-state index contributed by atoms with van der Waals surface area (Å²) in [6.07, 6.45) is -1.59. The highest BCUT2D eigenvalue weighted by Gasteiger charge is 2.22. The van der Waals surface area contributed by atoms with Crippen molar-refractivity contribution < 1.29 is 23.8 Å². The molecule has 0 fully saturated rings. The number of benzene rings is 2. The van der Waals surface area contributed by atoms with Gasteiger partial charge in [0.2, 0.25) is 11.2 Å². The maximum atomic E-state index is 12.6. The number of hydrogen-bond donors (Lipinski definition) is 1. The van der Waals surface area contributed by atoms with Gasteiger partial charge in [0.15, 0.2) is 5.76 Å². The van der Waals surface area contributed by atoms with Gasteiger partial charge in [0.25, 0.3) is 0 Å². The molecular weight excluding hydrogens is 300 g/mol. The van der Waals surface area contributed by atoms with Crippen LogP contribution >= 0.6 is 0 Å². The summed E-state index contributed by atoms with van der Waals surface area (Å²) in [6.45, 7) is 0. The lowest BCUT2D eigenvalue weighted by Crippen LogP contribution is -2.14. The minimum atomic E-state index is -1.59. The summed E-state index contributed by atoms with van der Waals surface area (Å²) in [6, 6.07) is 13.3. The average molecular weight is 312 g/mol. The van der Waals surface area contributed by atoms with Crippen LogP contribution in [0.25, 0.3) is 22.3 Å². The van der Waals surface area contributed by atoms with Gasteiger partial charge in [0.1, 0.15) is 11.3 Å². The topological polar surface area (TPSA) is 86.0 Å². The van der Waals surface area contributed by atoms with Gasteiger partial charge in [0, 0.05) is 0 Å². The molecule has 0 amide bonds. The molecule has 0 saturated heterocycles. The Morgan fingerprint density at radius 1 is 1.09 bits per heavy atom. The molecule has 6 nitrogen and oxygen atoms in total. The van der Waals surface area contributed by atoms with Crippen molar-refractivity contribution in [2.24, 2.45) is 0 Å². The van der Waals surface area contributed by atoms with Crippen molar-refractivity contribution in [3.8, 4) is 22.8 Å². The Morgan fingerprint density at radius 3 is 2.52 bits per heavy atom. The van der Waals surface area contributed by atoms with E-state index in [-0.39, 0.29) is 16.9 Å². The molecule has 1 heterocycles. The van der Waals surface area contributed by atoms with E-state index >= 15 is 0 Å². The summed E-state index contributed by atoms with van der Waals surface area (Å²) in [5.41, 5.74) is 0.195. The number of para-hydroxylation sites is 2. The molecule has 3 rings (SSSR count). The van der Waals surface area contributed by atoms with Crippen molar-refractivity contribution in [1.82, 2.24) is 0 Å². The predicted molar refractivity (Wildman–Crippen MR) is 83.1 cm³/mol. The Hall–Kier alpha value is -3.28. The quantitative estimate of drug-likeness (QED) is 0.745. The van der Waals surface area contributed by atoms with E-state index in [2.05, 4.69) is 0 Å². The van der Waals surface area contributed by atoms with Crippen molar-refractivity contribution >= 4 is 17.1 Å². The maximum Gasteiger partial charge on any atom is 0.511 e. The Bertz CT molecular complexity index is 941. The molecule has 116 valence electrons. The molecule has 0 saturated carbocycles. The first-order valence-corrected chi connectivity index (χ1v) is 6.72. The van der Waals surface area contributed by atoms with E-state index in [0.29, 0.717) is 16.9 Å². The standard InChI is InChI=1S/C17H12O6/c1-21-12-8-4-3-7-11(12)15-16(23-17(19)20)14(18)10-6-2-5-9-13(10)22-15/h2-9H,1H3,(H,19,20). The lowest BCUT2D eigenvalue weighted by Gasteiger charge is -2.11. The van der Waals surface area contributed by atoms with Crippen LogP contribution in [0.15, 0.2) is 57.7 Å². The summed E-state index contributed by atoms with van der Waals surface area (Å²) in [4.78, 5) is 23.5. The summed E-state index contributed by atoms with van der Waals surface area (Å²) in [5, 5.41) is 9.17. The molecule has 2 aromatic carbocycles. The SMILES string of the molecule is COc1ccccc1-c1oc2ccccc2c(=O)c1OC(=O)O. The van der Waals surface area contributed by atoms with Gasteiger partial charge in [-0.25, -0.2) is 4.79 Å². The number of methoxy groups -OCH3 is 1. The molecule has 3 aromatic rings. The van der Waals surface area contributed by atoms with Gasteiger partial charge in [-0.2, -0.15) is 0 Å². The first kappa shape index (κ1) is 14.6. The zero-order valence-electron chi connectivity index (χ0n) is 12.1. The van der Waals surface area contributed by atoms with Crippen molar-refractivity contribution in [2.75, 3.05) is 7.11 Å². The molecule has 0 aliphatic heterocycles. The Morgan fingerprint density at radius 2 is 1.78 bits per heavy atom. The van der Waals surface area contributed by atoms with Crippen molar-refractivity contribution in [1.29, 1.82) is 0 Å². The molecule has 23 heavy (non-hydrogen) atoms. The summed E-state index contributed by atoms with van der Waals surface area (Å²) >= 11 is 0. The molecule has 0 unspecified atom stereocenters. The third-order valence-electron chi connectivity index (χ3n) is 3.30. The van der Waals surface area contributed by atoms with Crippen LogP contribution in [0.5, 0.6) is 11.5 Å². The second-order valence-electron chi connectivity index (χ2n) is 4.65. The number of rotatable bonds is 3. The first-order chi connectivity index (χ1) is 11.1. The fourth-order valence-electron chi connectivity index (χ4n) is 2.31. The number of hydrogen-bond acceptors (Lipinski definition) is 5. The molecule has 1 aromatic heterocycles. The summed E-state index contributed by atoms with van der Waals surface area (Å²) < 4.78 is 15.7. The third-order valence-corrected chi connectivity index (χ3v) is 3.30. The van der Waals surface area contributed by atoms with Crippen LogP contribution in [-0.4, -0.2) is 18.4 Å². The highest BCUT2D eigenvalue weighted by molar-refractivity contribution is 5.84. The van der Waals surface area contributed by atoms with Crippen LogP contribution in [0.1, 0.15) is 0 Å². The maximum absolute atomic E-state index is 12.6. The lowest BCUT2D eigenvalue weighted by atomic mass is 10.1. The first-order valence-electron chi connectivity index (χ1n) is 6.72. The number of ether oxygens (including phenoxy) is 2.